The van der Waals surface area contributed by atoms with Gasteiger partial charge in [-0.1, -0.05) is 43.0 Å². The Kier molecular flexibility index (Phi) is 7.86. The van der Waals surface area contributed by atoms with E-state index in [1.807, 2.05) is 0 Å². The number of carbonyl (C=O) groups is 2. The van der Waals surface area contributed by atoms with E-state index in [1.165, 1.54) is 11.3 Å². The third-order valence-electron chi connectivity index (χ3n) is 3.50. The molecule has 2 rings (SSSR count). The monoisotopic (exact) mass is 394 g/mol. The number of benzene rings is 1. The molecule has 1 unspecified atom stereocenters. The number of ether oxygens (including phenoxy) is 1. The van der Waals surface area contributed by atoms with E-state index in [0.717, 1.165) is 10.8 Å². The van der Waals surface area contributed by atoms with E-state index in [0.29, 0.717) is 21.7 Å². The van der Waals surface area contributed by atoms with E-state index in [4.69, 9.17) is 4.74 Å². The predicted octanol–water partition coefficient (Wildman–Crippen LogP) is 3.20. The summed E-state index contributed by atoms with van der Waals surface area (Å²) in [6.45, 7) is 4.46. The molecule has 0 aliphatic heterocycles. The molecular formula is C17H22N4O3S2. The van der Waals surface area contributed by atoms with Crippen LogP contribution in [0.5, 0.6) is 5.75 Å². The van der Waals surface area contributed by atoms with Crippen molar-refractivity contribution < 1.29 is 14.3 Å². The van der Waals surface area contributed by atoms with Gasteiger partial charge in [0.1, 0.15) is 5.75 Å². The average Bonchev–Trinajstić information content (AvgIpc) is 3.08. The first-order valence-corrected chi connectivity index (χ1v) is 9.93. The second kappa shape index (κ2) is 10.1. The van der Waals surface area contributed by atoms with Crippen LogP contribution in [0, 0.1) is 0 Å². The van der Waals surface area contributed by atoms with Crippen molar-refractivity contribution in [1.29, 1.82) is 0 Å². The van der Waals surface area contributed by atoms with Gasteiger partial charge in [0.05, 0.1) is 7.11 Å². The number of amides is 2. The summed E-state index contributed by atoms with van der Waals surface area (Å²) >= 11 is 2.99. The van der Waals surface area contributed by atoms with Gasteiger partial charge in [0.25, 0.3) is 5.91 Å². The van der Waals surface area contributed by atoms with Gasteiger partial charge in [-0.3, -0.25) is 9.59 Å². The van der Waals surface area contributed by atoms with Gasteiger partial charge in [-0.15, -0.1) is 10.2 Å². The van der Waals surface area contributed by atoms with Crippen molar-refractivity contribution >= 4 is 40.0 Å². The molecule has 0 fully saturated rings. The molecule has 0 saturated heterocycles. The van der Waals surface area contributed by atoms with E-state index in [9.17, 15) is 9.59 Å². The Morgan fingerprint density at radius 2 is 2.15 bits per heavy atom. The summed E-state index contributed by atoms with van der Waals surface area (Å²) in [5.74, 6) is 0.143. The number of hydrogen-bond acceptors (Lipinski definition) is 7. The van der Waals surface area contributed by atoms with E-state index in [1.54, 1.807) is 43.1 Å². The van der Waals surface area contributed by atoms with Crippen LogP contribution in [0.1, 0.15) is 37.0 Å². The Labute approximate surface area is 160 Å². The number of thioether (sulfide) groups is 1. The number of hydrogen-bond donors (Lipinski definition) is 2. The van der Waals surface area contributed by atoms with Gasteiger partial charge in [-0.05, 0) is 24.6 Å². The Bertz CT molecular complexity index is 751. The van der Waals surface area contributed by atoms with Crippen LogP contribution in [0.3, 0.4) is 0 Å². The van der Waals surface area contributed by atoms with E-state index in [2.05, 4.69) is 34.7 Å². The highest BCUT2D eigenvalue weighted by molar-refractivity contribution is 8.01. The van der Waals surface area contributed by atoms with Crippen LogP contribution in [-0.4, -0.2) is 40.9 Å². The fourth-order valence-corrected chi connectivity index (χ4v) is 3.92. The molecule has 0 saturated carbocycles. The minimum atomic E-state index is -0.250. The number of carbonyl (C=O) groups excluding carboxylic acids is 2. The molecule has 0 radical (unpaired) electrons. The first kappa shape index (κ1) is 20.2. The summed E-state index contributed by atoms with van der Waals surface area (Å²) in [4.78, 5) is 24.0. The molecule has 0 spiro atoms. The normalized spacial score (nSPS) is 11.7. The van der Waals surface area contributed by atoms with Gasteiger partial charge < -0.3 is 15.4 Å². The number of rotatable bonds is 9. The number of nitrogens with one attached hydrogen (secondary N) is 2. The van der Waals surface area contributed by atoms with Crippen molar-refractivity contribution in [1.82, 2.24) is 15.5 Å². The molecule has 0 bridgehead atoms. The van der Waals surface area contributed by atoms with Crippen LogP contribution in [0.4, 0.5) is 5.13 Å². The first-order valence-electron chi connectivity index (χ1n) is 8.24. The highest BCUT2D eigenvalue weighted by Crippen LogP contribution is 2.29. The molecule has 1 aromatic carbocycles. The Hall–Kier alpha value is -2.13. The lowest BCUT2D eigenvalue weighted by molar-refractivity contribution is -0.116. The molecule has 9 heteroatoms. The summed E-state index contributed by atoms with van der Waals surface area (Å²) < 4.78 is 5.92. The van der Waals surface area contributed by atoms with Crippen molar-refractivity contribution in [3.8, 4) is 5.75 Å². The van der Waals surface area contributed by atoms with Gasteiger partial charge >= 0.3 is 0 Å². The second-order valence-electron chi connectivity index (χ2n) is 5.50. The Balaban J connectivity index is 1.75. The third-order valence-corrected chi connectivity index (χ3v) is 5.69. The minimum Gasteiger partial charge on any atom is -0.497 e. The van der Waals surface area contributed by atoms with Crippen LogP contribution in [0.25, 0.3) is 0 Å². The molecule has 1 atom stereocenters. The fourth-order valence-electron chi connectivity index (χ4n) is 1.90. The highest BCUT2D eigenvalue weighted by atomic mass is 32.2. The van der Waals surface area contributed by atoms with Gasteiger partial charge in [0, 0.05) is 23.8 Å². The molecule has 7 nitrogen and oxygen atoms in total. The largest absolute Gasteiger partial charge is 0.497 e. The summed E-state index contributed by atoms with van der Waals surface area (Å²) in [5, 5.41) is 14.4. The zero-order chi connectivity index (χ0) is 18.9. The molecule has 0 aliphatic rings. The quantitative estimate of drug-likeness (QED) is 0.501. The molecule has 2 N–H and O–H groups in total. The Morgan fingerprint density at radius 1 is 1.35 bits per heavy atom. The topological polar surface area (TPSA) is 93.2 Å². The fraction of sp³-hybridized carbons (Fsp3) is 0.412. The predicted molar refractivity (Wildman–Crippen MR) is 104 cm³/mol. The van der Waals surface area contributed by atoms with E-state index < -0.39 is 0 Å². The van der Waals surface area contributed by atoms with Crippen molar-refractivity contribution in [2.75, 3.05) is 19.0 Å². The maximum Gasteiger partial charge on any atom is 0.251 e. The van der Waals surface area contributed by atoms with Gasteiger partial charge in [0.2, 0.25) is 11.0 Å². The van der Waals surface area contributed by atoms with Crippen molar-refractivity contribution in [3.05, 3.63) is 29.8 Å². The van der Waals surface area contributed by atoms with Crippen molar-refractivity contribution in [2.45, 2.75) is 36.3 Å². The number of aromatic nitrogens is 2. The molecule has 0 aliphatic carbocycles. The summed E-state index contributed by atoms with van der Waals surface area (Å²) in [5.41, 5.74) is 0.487. The smallest absolute Gasteiger partial charge is 0.251 e. The van der Waals surface area contributed by atoms with E-state index in [-0.39, 0.29) is 24.8 Å². The molecule has 2 amide bonds. The van der Waals surface area contributed by atoms with Gasteiger partial charge in [-0.2, -0.15) is 0 Å². The summed E-state index contributed by atoms with van der Waals surface area (Å²) in [6.07, 6.45) is 1.20. The molecular weight excluding hydrogens is 372 g/mol. The molecule has 1 heterocycles. The van der Waals surface area contributed by atoms with Crippen molar-refractivity contribution in [3.63, 3.8) is 0 Å². The molecule has 140 valence electrons. The maximum atomic E-state index is 12.1. The summed E-state index contributed by atoms with van der Waals surface area (Å²) in [7, 11) is 1.54. The maximum absolute atomic E-state index is 12.1. The molecule has 26 heavy (non-hydrogen) atoms. The standard InChI is InChI=1S/C17H22N4O3S2/c1-4-11(2)25-17-21-20-16(26-17)19-14(22)8-9-18-15(23)12-6-5-7-13(10-12)24-3/h5-7,10-11H,4,8-9H2,1-3H3,(H,18,23)(H,19,20,22). The zero-order valence-electron chi connectivity index (χ0n) is 14.9. The number of methoxy groups -OCH3 is 1. The average molecular weight is 395 g/mol. The van der Waals surface area contributed by atoms with Crippen LogP contribution >= 0.6 is 23.1 Å². The van der Waals surface area contributed by atoms with Crippen molar-refractivity contribution in [2.24, 2.45) is 0 Å². The Morgan fingerprint density at radius 3 is 2.88 bits per heavy atom. The summed E-state index contributed by atoms with van der Waals surface area (Å²) in [6, 6.07) is 6.84. The lowest BCUT2D eigenvalue weighted by Gasteiger charge is -2.06. The SMILES string of the molecule is CCC(C)Sc1nnc(NC(=O)CCNC(=O)c2cccc(OC)c2)s1. The van der Waals surface area contributed by atoms with Gasteiger partial charge in [0.15, 0.2) is 4.34 Å². The minimum absolute atomic E-state index is 0.156. The lowest BCUT2D eigenvalue weighted by atomic mass is 10.2. The zero-order valence-corrected chi connectivity index (χ0v) is 16.6. The number of anilines is 1. The second-order valence-corrected chi connectivity index (χ2v) is 8.16. The molecule has 2 aromatic rings. The van der Waals surface area contributed by atoms with Crippen LogP contribution in [-0.2, 0) is 4.79 Å². The lowest BCUT2D eigenvalue weighted by Crippen LogP contribution is -2.27. The highest BCUT2D eigenvalue weighted by Gasteiger charge is 2.12. The van der Waals surface area contributed by atoms with E-state index >= 15 is 0 Å². The van der Waals surface area contributed by atoms with Crippen LogP contribution in [0.2, 0.25) is 0 Å². The van der Waals surface area contributed by atoms with Gasteiger partial charge in [-0.25, -0.2) is 0 Å². The third kappa shape index (κ3) is 6.30. The first-order chi connectivity index (χ1) is 12.5. The van der Waals surface area contributed by atoms with Crippen LogP contribution in [0.15, 0.2) is 28.6 Å². The van der Waals surface area contributed by atoms with Crippen LogP contribution < -0.4 is 15.4 Å². The molecule has 1 aromatic heterocycles. The number of nitrogens with zero attached hydrogens (tertiary/aromatic N) is 2.